The van der Waals surface area contributed by atoms with E-state index >= 15 is 0 Å². The quantitative estimate of drug-likeness (QED) is 0.152. The molecule has 0 fully saturated rings. The van der Waals surface area contributed by atoms with Gasteiger partial charge in [0.2, 0.25) is 5.91 Å². The minimum Gasteiger partial charge on any atom is -0.497 e. The van der Waals surface area contributed by atoms with E-state index in [4.69, 9.17) is 32.9 Å². The summed E-state index contributed by atoms with van der Waals surface area (Å²) in [6, 6.07) is 24.9. The van der Waals surface area contributed by atoms with Crippen molar-refractivity contribution in [3.8, 4) is 44.1 Å². The largest absolute Gasteiger partial charge is 0.497 e. The van der Waals surface area contributed by atoms with Gasteiger partial charge in [0.1, 0.15) is 23.5 Å². The van der Waals surface area contributed by atoms with Gasteiger partial charge in [0.25, 0.3) is 0 Å². The molecule has 0 N–H and O–H groups in total. The monoisotopic (exact) mass is 681 g/mol. The van der Waals surface area contributed by atoms with E-state index in [0.29, 0.717) is 66.8 Å². The first-order valence-corrected chi connectivity index (χ1v) is 16.0. The fourth-order valence-electron chi connectivity index (χ4n) is 5.25. The second-order valence-corrected chi connectivity index (χ2v) is 12.5. The summed E-state index contributed by atoms with van der Waals surface area (Å²) in [5, 5.41) is 11.5. The van der Waals surface area contributed by atoms with Gasteiger partial charge >= 0.3 is 0 Å². The number of aromatic nitrogens is 3. The first-order valence-electron chi connectivity index (χ1n) is 14.4. The van der Waals surface area contributed by atoms with Crippen LogP contribution < -0.4 is 9.64 Å². The number of imidazole rings is 1. The van der Waals surface area contributed by atoms with Crippen LogP contribution in [0.1, 0.15) is 23.6 Å². The third-order valence-electron chi connectivity index (χ3n) is 7.57. The first-order chi connectivity index (χ1) is 22.7. The van der Waals surface area contributed by atoms with Crippen molar-refractivity contribution in [3.05, 3.63) is 130 Å². The molecule has 3 heterocycles. The Bertz CT molecular complexity index is 2120. The molecular formula is C36H26Cl2FN5O2S. The van der Waals surface area contributed by atoms with Crippen LogP contribution in [0.3, 0.4) is 0 Å². The minimum absolute atomic E-state index is 0.186. The van der Waals surface area contributed by atoms with Gasteiger partial charge in [-0.2, -0.15) is 5.26 Å². The zero-order chi connectivity index (χ0) is 33.1. The molecular weight excluding hydrogens is 656 g/mol. The second-order valence-electron chi connectivity index (χ2n) is 10.6. The summed E-state index contributed by atoms with van der Waals surface area (Å²) in [5.41, 5.74) is 4.12. The third kappa shape index (κ3) is 6.76. The molecule has 3 aromatic heterocycles. The molecule has 0 aliphatic carbocycles. The number of methoxy groups -OCH3 is 1. The number of halogens is 3. The lowest BCUT2D eigenvalue weighted by atomic mass is 9.98. The Morgan fingerprint density at radius 2 is 1.72 bits per heavy atom. The molecule has 1 amide bonds. The Kier molecular flexibility index (Phi) is 9.36. The summed E-state index contributed by atoms with van der Waals surface area (Å²) in [7, 11) is 1.60. The van der Waals surface area contributed by atoms with E-state index < -0.39 is 0 Å². The number of carbonyl (C=O) groups is 1. The molecule has 234 valence electrons. The maximum absolute atomic E-state index is 13.6. The molecule has 0 radical (unpaired) electrons. The van der Waals surface area contributed by atoms with Crippen molar-refractivity contribution in [3.63, 3.8) is 0 Å². The van der Waals surface area contributed by atoms with E-state index in [1.807, 2.05) is 41.1 Å². The molecule has 6 aromatic rings. The summed E-state index contributed by atoms with van der Waals surface area (Å²) in [6.45, 7) is 2.21. The second kappa shape index (κ2) is 13.8. The maximum Gasteiger partial charge on any atom is 0.225 e. The van der Waals surface area contributed by atoms with Crippen LogP contribution in [0.2, 0.25) is 10.0 Å². The van der Waals surface area contributed by atoms with Crippen LogP contribution in [0.25, 0.3) is 32.3 Å². The highest BCUT2D eigenvalue weighted by Crippen LogP contribution is 2.49. The summed E-state index contributed by atoms with van der Waals surface area (Å²) < 4.78 is 20.8. The van der Waals surface area contributed by atoms with Crippen molar-refractivity contribution in [2.24, 2.45) is 0 Å². The topological polar surface area (TPSA) is 84.0 Å². The maximum atomic E-state index is 13.6. The van der Waals surface area contributed by atoms with Crippen LogP contribution in [0, 0.1) is 17.1 Å². The lowest BCUT2D eigenvalue weighted by Gasteiger charge is -2.21. The summed E-state index contributed by atoms with van der Waals surface area (Å²) in [6.07, 6.45) is 5.15. The van der Waals surface area contributed by atoms with Crippen LogP contribution in [0.15, 0.2) is 97.5 Å². The lowest BCUT2D eigenvalue weighted by molar-refractivity contribution is -0.116. The normalized spacial score (nSPS) is 10.9. The zero-order valence-electron chi connectivity index (χ0n) is 25.2. The molecule has 0 aliphatic heterocycles. The Labute approximate surface area is 285 Å². The summed E-state index contributed by atoms with van der Waals surface area (Å²) >= 11 is 14.4. The van der Waals surface area contributed by atoms with E-state index in [2.05, 4.69) is 11.1 Å². The number of carbonyl (C=O) groups excluding carboxylic acids is 1. The van der Waals surface area contributed by atoms with Crippen LogP contribution >= 0.6 is 34.5 Å². The molecule has 0 spiro atoms. The van der Waals surface area contributed by atoms with E-state index in [-0.39, 0.29) is 11.7 Å². The predicted molar refractivity (Wildman–Crippen MR) is 184 cm³/mol. The van der Waals surface area contributed by atoms with E-state index in [1.54, 1.807) is 60.8 Å². The van der Waals surface area contributed by atoms with Crippen molar-refractivity contribution in [1.29, 1.82) is 5.26 Å². The molecule has 11 heteroatoms. The number of hydrogen-bond donors (Lipinski definition) is 0. The highest BCUT2D eigenvalue weighted by atomic mass is 35.5. The summed E-state index contributed by atoms with van der Waals surface area (Å²) in [5.74, 6) is 1.27. The van der Waals surface area contributed by atoms with Crippen LogP contribution in [-0.4, -0.2) is 27.6 Å². The van der Waals surface area contributed by atoms with Gasteiger partial charge in [-0.3, -0.25) is 9.69 Å². The number of thiophene rings is 1. The highest BCUT2D eigenvalue weighted by molar-refractivity contribution is 7.19. The molecule has 6 rings (SSSR count). The fourth-order valence-corrected chi connectivity index (χ4v) is 7.03. The number of anilines is 1. The predicted octanol–water partition coefficient (Wildman–Crippen LogP) is 9.27. The van der Waals surface area contributed by atoms with Gasteiger partial charge in [0.15, 0.2) is 5.82 Å². The minimum atomic E-state index is -0.315. The number of amides is 1. The lowest BCUT2D eigenvalue weighted by Crippen LogP contribution is -2.28. The molecule has 3 aromatic carbocycles. The van der Waals surface area contributed by atoms with Gasteiger partial charge in [-0.05, 0) is 65.2 Å². The zero-order valence-corrected chi connectivity index (χ0v) is 27.6. The molecule has 0 saturated heterocycles. The molecule has 0 unspecified atom stereocenters. The Balaban J connectivity index is 1.48. The molecule has 0 bridgehead atoms. The van der Waals surface area contributed by atoms with Crippen molar-refractivity contribution >= 4 is 46.3 Å². The fraction of sp³-hybridized carbons (Fsp3) is 0.111. The van der Waals surface area contributed by atoms with Crippen LogP contribution in [0.5, 0.6) is 5.75 Å². The number of hydrogen-bond acceptors (Lipinski definition) is 6. The summed E-state index contributed by atoms with van der Waals surface area (Å²) in [4.78, 5) is 25.0. The Morgan fingerprint density at radius 1 is 0.979 bits per heavy atom. The first kappa shape index (κ1) is 32.0. The Morgan fingerprint density at radius 3 is 2.40 bits per heavy atom. The van der Waals surface area contributed by atoms with Crippen LogP contribution in [0.4, 0.5) is 10.2 Å². The van der Waals surface area contributed by atoms with Gasteiger partial charge in [-0.25, -0.2) is 14.4 Å². The third-order valence-corrected chi connectivity index (χ3v) is 9.35. The standard InChI is InChI=1S/C36H26Cl2FN5O2S/c1-22(45)44(21-24-5-10-28(46-2)11-6-24)32-17-25(13-14-41-32)34-30(19-40)33(29-12-7-26(37)18-31(29)38)35(47-34)36-42-15-16-43(36)20-23-3-8-27(39)9-4-23/h3-18H,20-21H2,1-2H3. The number of nitrogens with zero attached hydrogens (tertiary/aromatic N) is 5. The van der Waals surface area contributed by atoms with E-state index in [0.717, 1.165) is 16.9 Å². The van der Waals surface area contributed by atoms with Gasteiger partial charge in [0.05, 0.1) is 29.0 Å². The number of benzene rings is 3. The van der Waals surface area contributed by atoms with Crippen molar-refractivity contribution in [1.82, 2.24) is 14.5 Å². The number of pyridine rings is 1. The van der Waals surface area contributed by atoms with Crippen molar-refractivity contribution in [2.75, 3.05) is 12.0 Å². The van der Waals surface area contributed by atoms with Crippen molar-refractivity contribution in [2.45, 2.75) is 20.0 Å². The van der Waals surface area contributed by atoms with Gasteiger partial charge in [-0.15, -0.1) is 11.3 Å². The molecule has 7 nitrogen and oxygen atoms in total. The number of nitriles is 1. The number of rotatable bonds is 9. The van der Waals surface area contributed by atoms with E-state index in [1.165, 1.54) is 30.4 Å². The van der Waals surface area contributed by atoms with Gasteiger partial charge in [-0.1, -0.05) is 53.5 Å². The molecule has 0 atom stereocenters. The highest BCUT2D eigenvalue weighted by Gasteiger charge is 2.27. The van der Waals surface area contributed by atoms with Gasteiger partial charge < -0.3 is 9.30 Å². The Hall–Kier alpha value is -5.01. The van der Waals surface area contributed by atoms with Crippen LogP contribution in [-0.2, 0) is 17.9 Å². The SMILES string of the molecule is COc1ccc(CN(C(C)=O)c2cc(-c3sc(-c4nccn4Cc4ccc(F)cc4)c(-c4ccc(Cl)cc4Cl)c3C#N)ccn2)cc1. The van der Waals surface area contributed by atoms with Gasteiger partial charge in [0, 0.05) is 53.2 Å². The average Bonchev–Trinajstić information content (AvgIpc) is 3.69. The van der Waals surface area contributed by atoms with E-state index in [9.17, 15) is 14.4 Å². The molecule has 47 heavy (non-hydrogen) atoms. The van der Waals surface area contributed by atoms with Crippen molar-refractivity contribution < 1.29 is 13.9 Å². The molecule has 0 saturated carbocycles. The average molecular weight is 683 g/mol. The number of ether oxygens (including phenoxy) is 1. The molecule has 0 aliphatic rings. The smallest absolute Gasteiger partial charge is 0.225 e.